The standard InChI is InChI=1S/C23H29F2NO4/c1-3-17(24)10-15-4-7-22(29-14(15)2)19(27)12-26-13-20(28)23-8-5-16-11-18(25)6-9-21(16)30-23/h3,6,9-11,19-20,22-23,26-28H,2,4-5,7-8,12-13H2,1H3. The second-order valence-electron chi connectivity index (χ2n) is 7.70. The van der Waals surface area contributed by atoms with E-state index < -0.39 is 24.4 Å². The summed E-state index contributed by atoms with van der Waals surface area (Å²) >= 11 is 0. The van der Waals surface area contributed by atoms with Crippen LogP contribution in [0.2, 0.25) is 0 Å². The maximum absolute atomic E-state index is 13.4. The first-order valence-electron chi connectivity index (χ1n) is 10.3. The number of allylic oxidation sites excluding steroid dienone is 4. The molecule has 2 aliphatic rings. The van der Waals surface area contributed by atoms with Gasteiger partial charge in [0.25, 0.3) is 0 Å². The third-order valence-corrected chi connectivity index (χ3v) is 5.50. The van der Waals surface area contributed by atoms with Crippen molar-refractivity contribution in [3.63, 3.8) is 0 Å². The lowest BCUT2D eigenvalue weighted by molar-refractivity contribution is -0.0187. The van der Waals surface area contributed by atoms with Gasteiger partial charge < -0.3 is 25.0 Å². The quantitative estimate of drug-likeness (QED) is 0.630. The van der Waals surface area contributed by atoms with Crippen LogP contribution in [0.15, 0.2) is 54.1 Å². The zero-order valence-corrected chi connectivity index (χ0v) is 17.1. The Balaban J connectivity index is 1.42. The van der Waals surface area contributed by atoms with Crippen molar-refractivity contribution in [3.05, 3.63) is 65.5 Å². The van der Waals surface area contributed by atoms with Crippen LogP contribution in [-0.2, 0) is 11.2 Å². The minimum absolute atomic E-state index is 0.228. The summed E-state index contributed by atoms with van der Waals surface area (Å²) in [5, 5.41) is 23.9. The number of benzene rings is 1. The predicted molar refractivity (Wildman–Crippen MR) is 110 cm³/mol. The number of aryl methyl sites for hydroxylation is 1. The van der Waals surface area contributed by atoms with Crippen molar-refractivity contribution in [1.82, 2.24) is 5.32 Å². The number of fused-ring (bicyclic) bond motifs is 1. The highest BCUT2D eigenvalue weighted by atomic mass is 19.1. The molecule has 1 saturated heterocycles. The van der Waals surface area contributed by atoms with Crippen molar-refractivity contribution in [2.45, 2.75) is 57.0 Å². The van der Waals surface area contributed by atoms with Gasteiger partial charge in [-0.25, -0.2) is 8.78 Å². The Morgan fingerprint density at radius 3 is 2.53 bits per heavy atom. The highest BCUT2D eigenvalue weighted by Crippen LogP contribution is 2.30. The maximum atomic E-state index is 13.4. The Kier molecular flexibility index (Phi) is 7.64. The normalized spacial score (nSPS) is 25.3. The van der Waals surface area contributed by atoms with Gasteiger partial charge in [0.2, 0.25) is 0 Å². The molecule has 0 aliphatic carbocycles. The van der Waals surface area contributed by atoms with Crippen molar-refractivity contribution in [1.29, 1.82) is 0 Å². The van der Waals surface area contributed by atoms with Crippen LogP contribution >= 0.6 is 0 Å². The van der Waals surface area contributed by atoms with Gasteiger partial charge in [-0.1, -0.05) is 12.7 Å². The molecule has 3 rings (SSSR count). The van der Waals surface area contributed by atoms with E-state index in [1.807, 2.05) is 0 Å². The summed E-state index contributed by atoms with van der Waals surface area (Å²) in [7, 11) is 0. The maximum Gasteiger partial charge on any atom is 0.126 e. The number of aliphatic hydroxyl groups is 2. The van der Waals surface area contributed by atoms with Gasteiger partial charge in [0.15, 0.2) is 0 Å². The van der Waals surface area contributed by atoms with Crippen molar-refractivity contribution < 1.29 is 28.5 Å². The molecule has 1 aromatic carbocycles. The van der Waals surface area contributed by atoms with E-state index in [-0.39, 0.29) is 24.7 Å². The lowest BCUT2D eigenvalue weighted by Crippen LogP contribution is -2.45. The number of ether oxygens (including phenoxy) is 2. The van der Waals surface area contributed by atoms with Gasteiger partial charge in [-0.3, -0.25) is 0 Å². The van der Waals surface area contributed by atoms with Crippen LogP contribution in [0.4, 0.5) is 8.78 Å². The molecule has 1 aromatic rings. The molecule has 0 amide bonds. The van der Waals surface area contributed by atoms with Crippen LogP contribution in [-0.4, -0.2) is 47.7 Å². The average molecular weight is 421 g/mol. The number of aliphatic hydroxyl groups excluding tert-OH is 2. The summed E-state index contributed by atoms with van der Waals surface area (Å²) in [5.41, 5.74) is 1.49. The van der Waals surface area contributed by atoms with Gasteiger partial charge in [-0.05, 0) is 68.0 Å². The molecule has 4 unspecified atom stereocenters. The molecule has 2 aliphatic heterocycles. The van der Waals surface area contributed by atoms with Crippen LogP contribution in [0.25, 0.3) is 0 Å². The molecule has 5 nitrogen and oxygen atoms in total. The molecular weight excluding hydrogens is 392 g/mol. The monoisotopic (exact) mass is 421 g/mol. The van der Waals surface area contributed by atoms with Crippen LogP contribution in [0.3, 0.4) is 0 Å². The SMILES string of the molecule is C=C1OC(C(O)CNCC(O)C2CCc3cc(F)ccc3O2)CCC1=CC(F)=CC. The fourth-order valence-corrected chi connectivity index (χ4v) is 3.72. The van der Waals surface area contributed by atoms with Gasteiger partial charge in [-0.15, -0.1) is 0 Å². The van der Waals surface area contributed by atoms with E-state index in [9.17, 15) is 19.0 Å². The molecule has 4 atom stereocenters. The molecule has 7 heteroatoms. The van der Waals surface area contributed by atoms with Crippen LogP contribution in [0.5, 0.6) is 5.75 Å². The molecular formula is C23H29F2NO4. The first-order valence-corrected chi connectivity index (χ1v) is 10.3. The molecule has 1 fully saturated rings. The Morgan fingerprint density at radius 1 is 1.20 bits per heavy atom. The van der Waals surface area contributed by atoms with Crippen molar-refractivity contribution >= 4 is 0 Å². The van der Waals surface area contributed by atoms with E-state index in [1.165, 1.54) is 24.3 Å². The Morgan fingerprint density at radius 2 is 1.87 bits per heavy atom. The predicted octanol–water partition coefficient (Wildman–Crippen LogP) is 3.32. The Bertz CT molecular complexity index is 823. The van der Waals surface area contributed by atoms with Crippen molar-refractivity contribution in [2.24, 2.45) is 0 Å². The summed E-state index contributed by atoms with van der Waals surface area (Å²) in [6, 6.07) is 4.38. The van der Waals surface area contributed by atoms with Gasteiger partial charge in [0.05, 0.1) is 0 Å². The minimum atomic E-state index is -0.793. The van der Waals surface area contributed by atoms with E-state index in [0.717, 1.165) is 5.56 Å². The first-order chi connectivity index (χ1) is 14.4. The summed E-state index contributed by atoms with van der Waals surface area (Å²) < 4.78 is 38.2. The highest BCUT2D eigenvalue weighted by Gasteiger charge is 2.29. The fraction of sp³-hybridized carbons (Fsp3) is 0.478. The first kappa shape index (κ1) is 22.5. The summed E-state index contributed by atoms with van der Waals surface area (Å²) in [5.74, 6) is 0.323. The van der Waals surface area contributed by atoms with E-state index in [0.29, 0.717) is 42.8 Å². The lowest BCUT2D eigenvalue weighted by atomic mass is 9.97. The Labute approximate surface area is 175 Å². The molecule has 0 radical (unpaired) electrons. The van der Waals surface area contributed by atoms with Crippen molar-refractivity contribution in [3.8, 4) is 5.75 Å². The molecule has 164 valence electrons. The average Bonchev–Trinajstić information content (AvgIpc) is 2.74. The number of rotatable bonds is 7. The zero-order valence-electron chi connectivity index (χ0n) is 17.1. The molecule has 30 heavy (non-hydrogen) atoms. The van der Waals surface area contributed by atoms with Gasteiger partial charge in [0, 0.05) is 13.1 Å². The van der Waals surface area contributed by atoms with Crippen LogP contribution < -0.4 is 10.1 Å². The van der Waals surface area contributed by atoms with Crippen molar-refractivity contribution in [2.75, 3.05) is 13.1 Å². The summed E-state index contributed by atoms with van der Waals surface area (Å²) in [6.07, 6.45) is 2.71. The number of nitrogens with one attached hydrogen (secondary N) is 1. The fourth-order valence-electron chi connectivity index (χ4n) is 3.72. The van der Waals surface area contributed by atoms with Gasteiger partial charge in [0.1, 0.15) is 47.6 Å². The second-order valence-corrected chi connectivity index (χ2v) is 7.70. The second kappa shape index (κ2) is 10.2. The number of hydrogen-bond donors (Lipinski definition) is 3. The smallest absolute Gasteiger partial charge is 0.126 e. The summed E-state index contributed by atoms with van der Waals surface area (Å²) in [6.45, 7) is 5.89. The van der Waals surface area contributed by atoms with E-state index >= 15 is 0 Å². The highest BCUT2D eigenvalue weighted by molar-refractivity contribution is 5.36. The van der Waals surface area contributed by atoms with Gasteiger partial charge in [-0.2, -0.15) is 0 Å². The van der Waals surface area contributed by atoms with E-state index in [4.69, 9.17) is 9.47 Å². The third kappa shape index (κ3) is 5.68. The van der Waals surface area contributed by atoms with Crippen LogP contribution in [0, 0.1) is 5.82 Å². The largest absolute Gasteiger partial charge is 0.488 e. The number of halogens is 2. The molecule has 2 heterocycles. The molecule has 0 spiro atoms. The van der Waals surface area contributed by atoms with E-state index in [2.05, 4.69) is 11.9 Å². The Hall–Kier alpha value is -2.22. The lowest BCUT2D eigenvalue weighted by Gasteiger charge is -2.32. The molecule has 3 N–H and O–H groups in total. The zero-order chi connectivity index (χ0) is 21.7. The number of hydrogen-bond acceptors (Lipinski definition) is 5. The minimum Gasteiger partial charge on any atom is -0.488 e. The molecule has 0 aromatic heterocycles. The summed E-state index contributed by atoms with van der Waals surface area (Å²) in [4.78, 5) is 0. The molecule has 0 bridgehead atoms. The topological polar surface area (TPSA) is 71.0 Å². The molecule has 0 saturated carbocycles. The van der Waals surface area contributed by atoms with E-state index in [1.54, 1.807) is 13.0 Å². The van der Waals surface area contributed by atoms with Crippen LogP contribution in [0.1, 0.15) is 31.7 Å². The van der Waals surface area contributed by atoms with Gasteiger partial charge >= 0.3 is 0 Å². The third-order valence-electron chi connectivity index (χ3n) is 5.50.